The molecule has 1 amide bonds. The maximum atomic E-state index is 12.1. The van der Waals surface area contributed by atoms with Gasteiger partial charge in [-0.1, -0.05) is 50.2 Å². The van der Waals surface area contributed by atoms with Crippen molar-refractivity contribution in [3.8, 4) is 5.75 Å². The van der Waals surface area contributed by atoms with Crippen molar-refractivity contribution in [2.75, 3.05) is 18.5 Å². The summed E-state index contributed by atoms with van der Waals surface area (Å²) in [6, 6.07) is 17.6. The second-order valence-electron chi connectivity index (χ2n) is 6.29. The normalized spacial score (nSPS) is 11.8. The van der Waals surface area contributed by atoms with Crippen LogP contribution >= 0.6 is 0 Å². The number of amides is 1. The number of rotatable bonds is 8. The van der Waals surface area contributed by atoms with Gasteiger partial charge in [0.2, 0.25) is 5.91 Å². The fraction of sp³-hybridized carbons (Fsp3) is 0.350. The highest BCUT2D eigenvalue weighted by Crippen LogP contribution is 2.18. The molecule has 0 aromatic heterocycles. The topological polar surface area (TPSA) is 50.4 Å². The number of benzene rings is 2. The van der Waals surface area contributed by atoms with Crippen molar-refractivity contribution < 1.29 is 9.53 Å². The number of carbonyl (C=O) groups is 1. The van der Waals surface area contributed by atoms with E-state index in [0.29, 0.717) is 12.5 Å². The number of ether oxygens (including phenoxy) is 1. The van der Waals surface area contributed by atoms with Crippen LogP contribution in [0.4, 0.5) is 5.69 Å². The molecule has 0 heterocycles. The van der Waals surface area contributed by atoms with Crippen LogP contribution in [-0.2, 0) is 4.79 Å². The Bertz CT molecular complexity index is 641. The van der Waals surface area contributed by atoms with Crippen LogP contribution in [0.25, 0.3) is 0 Å². The van der Waals surface area contributed by atoms with Crippen molar-refractivity contribution in [3.63, 3.8) is 0 Å². The van der Waals surface area contributed by atoms with Crippen molar-refractivity contribution in [2.24, 2.45) is 5.92 Å². The van der Waals surface area contributed by atoms with Gasteiger partial charge in [0.05, 0.1) is 19.2 Å². The van der Waals surface area contributed by atoms with E-state index in [0.717, 1.165) is 17.0 Å². The third-order valence-electron chi connectivity index (χ3n) is 3.55. The zero-order valence-corrected chi connectivity index (χ0v) is 14.6. The number of hydrogen-bond acceptors (Lipinski definition) is 3. The van der Waals surface area contributed by atoms with E-state index in [2.05, 4.69) is 24.5 Å². The number of hydrogen-bond donors (Lipinski definition) is 2. The molecule has 2 rings (SSSR count). The highest BCUT2D eigenvalue weighted by Gasteiger charge is 2.09. The Morgan fingerprint density at radius 3 is 2.50 bits per heavy atom. The first-order valence-corrected chi connectivity index (χ1v) is 8.35. The number of carbonyl (C=O) groups excluding carboxylic acids is 1. The summed E-state index contributed by atoms with van der Waals surface area (Å²) in [4.78, 5) is 12.1. The van der Waals surface area contributed by atoms with Gasteiger partial charge in [-0.05, 0) is 30.5 Å². The zero-order valence-electron chi connectivity index (χ0n) is 14.6. The molecule has 1 unspecified atom stereocenters. The average Bonchev–Trinajstić information content (AvgIpc) is 2.59. The first-order valence-electron chi connectivity index (χ1n) is 8.35. The van der Waals surface area contributed by atoms with E-state index in [1.54, 1.807) is 0 Å². The standard InChI is InChI=1S/C20H26N2O2/c1-15(2)14-24-19-11-7-10-18(12-19)21-13-20(23)22-16(3)17-8-5-4-6-9-17/h4-12,15-16,21H,13-14H2,1-3H3,(H,22,23). The minimum absolute atomic E-state index is 0.0128. The van der Waals surface area contributed by atoms with Gasteiger partial charge in [0.25, 0.3) is 0 Å². The SMILES string of the molecule is CC(C)COc1cccc(NCC(=O)NC(C)c2ccccc2)c1. The molecule has 24 heavy (non-hydrogen) atoms. The highest BCUT2D eigenvalue weighted by molar-refractivity contribution is 5.81. The fourth-order valence-corrected chi connectivity index (χ4v) is 2.26. The van der Waals surface area contributed by atoms with Gasteiger partial charge in [-0.3, -0.25) is 4.79 Å². The Morgan fingerprint density at radius 2 is 1.79 bits per heavy atom. The molecule has 0 bridgehead atoms. The molecule has 0 aliphatic rings. The molecule has 128 valence electrons. The van der Waals surface area contributed by atoms with Crippen LogP contribution in [0.5, 0.6) is 5.75 Å². The zero-order chi connectivity index (χ0) is 17.4. The Balaban J connectivity index is 1.82. The molecule has 0 aliphatic carbocycles. The second kappa shape index (κ2) is 8.96. The number of nitrogens with one attached hydrogen (secondary N) is 2. The van der Waals surface area contributed by atoms with Gasteiger partial charge in [-0.2, -0.15) is 0 Å². The molecule has 0 aliphatic heterocycles. The summed E-state index contributed by atoms with van der Waals surface area (Å²) in [6.45, 7) is 7.11. The molecule has 2 N–H and O–H groups in total. The van der Waals surface area contributed by atoms with Crippen LogP contribution < -0.4 is 15.4 Å². The molecule has 2 aromatic rings. The Kier molecular flexibility index (Phi) is 6.67. The third kappa shape index (κ3) is 5.95. The molecule has 1 atom stereocenters. The Hall–Kier alpha value is -2.49. The van der Waals surface area contributed by atoms with Gasteiger partial charge in [0.1, 0.15) is 5.75 Å². The summed E-state index contributed by atoms with van der Waals surface area (Å²) in [5.41, 5.74) is 1.97. The summed E-state index contributed by atoms with van der Waals surface area (Å²) < 4.78 is 5.70. The largest absolute Gasteiger partial charge is 0.493 e. The molecular formula is C20H26N2O2. The highest BCUT2D eigenvalue weighted by atomic mass is 16.5. The minimum atomic E-state index is -0.0418. The molecule has 0 radical (unpaired) electrons. The molecule has 0 saturated heterocycles. The van der Waals surface area contributed by atoms with Gasteiger partial charge in [-0.15, -0.1) is 0 Å². The van der Waals surface area contributed by atoms with E-state index in [4.69, 9.17) is 4.74 Å². The first-order chi connectivity index (χ1) is 11.5. The lowest BCUT2D eigenvalue weighted by Crippen LogP contribution is -2.32. The van der Waals surface area contributed by atoms with Crippen molar-refractivity contribution in [1.29, 1.82) is 0 Å². The van der Waals surface area contributed by atoms with Crippen LogP contribution in [0.3, 0.4) is 0 Å². The van der Waals surface area contributed by atoms with Crippen molar-refractivity contribution >= 4 is 11.6 Å². The molecule has 0 saturated carbocycles. The molecule has 2 aromatic carbocycles. The van der Waals surface area contributed by atoms with E-state index < -0.39 is 0 Å². The monoisotopic (exact) mass is 326 g/mol. The summed E-state index contributed by atoms with van der Waals surface area (Å²) in [7, 11) is 0. The Labute approximate surface area is 144 Å². The molecule has 0 spiro atoms. The lowest BCUT2D eigenvalue weighted by molar-refractivity contribution is -0.120. The van der Waals surface area contributed by atoms with Gasteiger partial charge in [0, 0.05) is 11.8 Å². The van der Waals surface area contributed by atoms with Crippen molar-refractivity contribution in [3.05, 3.63) is 60.2 Å². The summed E-state index contributed by atoms with van der Waals surface area (Å²) in [5, 5.41) is 6.13. The average molecular weight is 326 g/mol. The van der Waals surface area contributed by atoms with E-state index in [-0.39, 0.29) is 18.5 Å². The van der Waals surface area contributed by atoms with Gasteiger partial charge in [-0.25, -0.2) is 0 Å². The smallest absolute Gasteiger partial charge is 0.239 e. The van der Waals surface area contributed by atoms with Crippen LogP contribution in [0.2, 0.25) is 0 Å². The molecule has 4 heteroatoms. The molecule has 4 nitrogen and oxygen atoms in total. The number of anilines is 1. The lowest BCUT2D eigenvalue weighted by Gasteiger charge is -2.15. The predicted octanol–water partition coefficient (Wildman–Crippen LogP) is 4.01. The van der Waals surface area contributed by atoms with E-state index in [9.17, 15) is 4.79 Å². The van der Waals surface area contributed by atoms with Gasteiger partial charge < -0.3 is 15.4 Å². The van der Waals surface area contributed by atoms with Crippen LogP contribution in [-0.4, -0.2) is 19.1 Å². The first kappa shape index (κ1) is 17.9. The fourth-order valence-electron chi connectivity index (χ4n) is 2.26. The third-order valence-corrected chi connectivity index (χ3v) is 3.55. The van der Waals surface area contributed by atoms with Crippen LogP contribution in [0.1, 0.15) is 32.4 Å². The van der Waals surface area contributed by atoms with Gasteiger partial charge in [0.15, 0.2) is 0 Å². The molecular weight excluding hydrogens is 300 g/mol. The van der Waals surface area contributed by atoms with Crippen molar-refractivity contribution in [2.45, 2.75) is 26.8 Å². The molecule has 0 fully saturated rings. The van der Waals surface area contributed by atoms with E-state index in [1.807, 2.05) is 61.5 Å². The Morgan fingerprint density at radius 1 is 1.04 bits per heavy atom. The van der Waals surface area contributed by atoms with Crippen LogP contribution in [0, 0.1) is 5.92 Å². The minimum Gasteiger partial charge on any atom is -0.493 e. The predicted molar refractivity (Wildman–Crippen MR) is 98.3 cm³/mol. The van der Waals surface area contributed by atoms with Crippen molar-refractivity contribution in [1.82, 2.24) is 5.32 Å². The van der Waals surface area contributed by atoms with Crippen LogP contribution in [0.15, 0.2) is 54.6 Å². The summed E-state index contributed by atoms with van der Waals surface area (Å²) in [5.74, 6) is 1.25. The van der Waals surface area contributed by atoms with E-state index in [1.165, 1.54) is 0 Å². The summed E-state index contributed by atoms with van der Waals surface area (Å²) >= 11 is 0. The van der Waals surface area contributed by atoms with E-state index >= 15 is 0 Å². The lowest BCUT2D eigenvalue weighted by atomic mass is 10.1. The quantitative estimate of drug-likeness (QED) is 0.770. The summed E-state index contributed by atoms with van der Waals surface area (Å²) in [6.07, 6.45) is 0. The van der Waals surface area contributed by atoms with Gasteiger partial charge >= 0.3 is 0 Å². The maximum Gasteiger partial charge on any atom is 0.239 e. The maximum absolute atomic E-state index is 12.1. The second-order valence-corrected chi connectivity index (χ2v) is 6.29.